The minimum Gasteiger partial charge on any atom is -0.512 e. The van der Waals surface area contributed by atoms with Crippen LogP contribution in [0.25, 0.3) is 6.08 Å². The van der Waals surface area contributed by atoms with Crippen molar-refractivity contribution >= 4 is 12.0 Å². The SMILES string of the molecule is O=C(O)CNC1=CC=C(O)CC1=Cc1ccccc1O. The number of hydrogen-bond acceptors (Lipinski definition) is 4. The van der Waals surface area contributed by atoms with E-state index in [2.05, 4.69) is 5.32 Å². The van der Waals surface area contributed by atoms with Gasteiger partial charge in [0.15, 0.2) is 0 Å². The Balaban J connectivity index is 2.28. The number of carbonyl (C=O) groups is 1. The number of para-hydroxylation sites is 1. The number of carboxylic acids is 1. The number of hydrogen-bond donors (Lipinski definition) is 4. The molecule has 0 saturated carbocycles. The summed E-state index contributed by atoms with van der Waals surface area (Å²) in [6.45, 7) is -0.210. The maximum atomic E-state index is 10.6. The molecule has 5 heteroatoms. The van der Waals surface area contributed by atoms with E-state index in [9.17, 15) is 15.0 Å². The molecular weight excluding hydrogens is 258 g/mol. The quantitative estimate of drug-likeness (QED) is 0.675. The zero-order chi connectivity index (χ0) is 14.5. The summed E-state index contributed by atoms with van der Waals surface area (Å²) in [4.78, 5) is 10.6. The van der Waals surface area contributed by atoms with E-state index in [-0.39, 0.29) is 24.5 Å². The Morgan fingerprint density at radius 3 is 2.70 bits per heavy atom. The Kier molecular flexibility index (Phi) is 4.10. The second-order valence-electron chi connectivity index (χ2n) is 4.39. The van der Waals surface area contributed by atoms with Crippen molar-refractivity contribution in [2.75, 3.05) is 6.54 Å². The van der Waals surface area contributed by atoms with Crippen LogP contribution in [0, 0.1) is 0 Å². The van der Waals surface area contributed by atoms with Crippen molar-refractivity contribution in [1.82, 2.24) is 5.32 Å². The van der Waals surface area contributed by atoms with Gasteiger partial charge in [0.25, 0.3) is 0 Å². The van der Waals surface area contributed by atoms with E-state index >= 15 is 0 Å². The number of phenols is 1. The minimum absolute atomic E-state index is 0.131. The Morgan fingerprint density at radius 1 is 1.25 bits per heavy atom. The summed E-state index contributed by atoms with van der Waals surface area (Å²) in [7, 11) is 0. The topological polar surface area (TPSA) is 89.8 Å². The van der Waals surface area contributed by atoms with Gasteiger partial charge in [-0.05, 0) is 29.9 Å². The van der Waals surface area contributed by atoms with Crippen LogP contribution < -0.4 is 5.32 Å². The fraction of sp³-hybridized carbons (Fsp3) is 0.133. The zero-order valence-corrected chi connectivity index (χ0v) is 10.7. The highest BCUT2D eigenvalue weighted by molar-refractivity contribution is 5.70. The van der Waals surface area contributed by atoms with Gasteiger partial charge in [0.2, 0.25) is 0 Å². The predicted octanol–water partition coefficient (Wildman–Crippen LogP) is 2.18. The van der Waals surface area contributed by atoms with Gasteiger partial charge in [0.1, 0.15) is 12.3 Å². The maximum Gasteiger partial charge on any atom is 0.322 e. The van der Waals surface area contributed by atoms with Gasteiger partial charge in [-0.3, -0.25) is 4.79 Å². The van der Waals surface area contributed by atoms with Crippen LogP contribution in [0.3, 0.4) is 0 Å². The summed E-state index contributed by atoms with van der Waals surface area (Å²) in [6, 6.07) is 6.82. The molecule has 0 saturated heterocycles. The Hall–Kier alpha value is -2.69. The lowest BCUT2D eigenvalue weighted by Crippen LogP contribution is -2.23. The molecule has 1 aromatic rings. The van der Waals surface area contributed by atoms with Gasteiger partial charge in [-0.2, -0.15) is 0 Å². The first-order valence-electron chi connectivity index (χ1n) is 6.10. The molecule has 104 valence electrons. The molecule has 0 heterocycles. The number of nitrogens with one attached hydrogen (secondary N) is 1. The van der Waals surface area contributed by atoms with Gasteiger partial charge < -0.3 is 20.6 Å². The van der Waals surface area contributed by atoms with Crippen molar-refractivity contribution in [3.63, 3.8) is 0 Å². The average molecular weight is 273 g/mol. The fourth-order valence-electron chi connectivity index (χ4n) is 1.91. The number of benzene rings is 1. The number of carboxylic acid groups (broad SMARTS) is 1. The largest absolute Gasteiger partial charge is 0.512 e. The number of aliphatic hydroxyl groups excluding tert-OH is 1. The molecule has 2 rings (SSSR count). The monoisotopic (exact) mass is 273 g/mol. The molecule has 0 aliphatic heterocycles. The molecule has 1 aliphatic carbocycles. The van der Waals surface area contributed by atoms with E-state index in [0.717, 1.165) is 0 Å². The highest BCUT2D eigenvalue weighted by Crippen LogP contribution is 2.27. The molecular formula is C15H15NO4. The number of aliphatic hydroxyl groups is 1. The van der Waals surface area contributed by atoms with Crippen LogP contribution in [0.1, 0.15) is 12.0 Å². The maximum absolute atomic E-state index is 10.6. The molecule has 0 atom stereocenters. The highest BCUT2D eigenvalue weighted by Gasteiger charge is 2.13. The van der Waals surface area contributed by atoms with Crippen molar-refractivity contribution in [2.24, 2.45) is 0 Å². The van der Waals surface area contributed by atoms with Crippen molar-refractivity contribution in [1.29, 1.82) is 0 Å². The van der Waals surface area contributed by atoms with Crippen LogP contribution >= 0.6 is 0 Å². The van der Waals surface area contributed by atoms with Crippen LogP contribution in [-0.2, 0) is 4.79 Å². The summed E-state index contributed by atoms with van der Waals surface area (Å²) >= 11 is 0. The van der Waals surface area contributed by atoms with Gasteiger partial charge >= 0.3 is 5.97 Å². The predicted molar refractivity (Wildman–Crippen MR) is 75.1 cm³/mol. The summed E-state index contributed by atoms with van der Waals surface area (Å²) < 4.78 is 0. The number of aromatic hydroxyl groups is 1. The second-order valence-corrected chi connectivity index (χ2v) is 4.39. The molecule has 20 heavy (non-hydrogen) atoms. The standard InChI is InChI=1S/C15H15NO4/c17-12-5-6-13(16-9-15(19)20)11(8-12)7-10-3-1-2-4-14(10)18/h1-7,16-18H,8-9H2,(H,19,20). The van der Waals surface area contributed by atoms with E-state index < -0.39 is 5.97 Å². The molecule has 0 bridgehead atoms. The number of rotatable bonds is 4. The summed E-state index contributed by atoms with van der Waals surface area (Å²) in [5.41, 5.74) is 1.95. The number of phenolic OH excluding ortho intramolecular Hbond substituents is 1. The van der Waals surface area contributed by atoms with Gasteiger partial charge in [0.05, 0.1) is 5.76 Å². The van der Waals surface area contributed by atoms with Gasteiger partial charge in [-0.15, -0.1) is 0 Å². The lowest BCUT2D eigenvalue weighted by atomic mass is 9.99. The first-order chi connectivity index (χ1) is 9.56. The third kappa shape index (κ3) is 3.41. The Labute approximate surface area is 116 Å². The van der Waals surface area contributed by atoms with E-state index in [0.29, 0.717) is 16.8 Å². The first-order valence-corrected chi connectivity index (χ1v) is 6.10. The molecule has 0 spiro atoms. The smallest absolute Gasteiger partial charge is 0.322 e. The molecule has 0 amide bonds. The van der Waals surface area contributed by atoms with Crippen molar-refractivity contribution in [2.45, 2.75) is 6.42 Å². The average Bonchev–Trinajstić information content (AvgIpc) is 2.40. The molecule has 0 fully saturated rings. The molecule has 4 N–H and O–H groups in total. The van der Waals surface area contributed by atoms with Gasteiger partial charge in [-0.25, -0.2) is 0 Å². The zero-order valence-electron chi connectivity index (χ0n) is 10.7. The van der Waals surface area contributed by atoms with E-state index in [4.69, 9.17) is 5.11 Å². The third-order valence-corrected chi connectivity index (χ3v) is 2.86. The van der Waals surface area contributed by atoms with Crippen LogP contribution in [0.4, 0.5) is 0 Å². The molecule has 0 radical (unpaired) electrons. The van der Waals surface area contributed by atoms with Crippen LogP contribution in [0.15, 0.2) is 53.4 Å². The fourth-order valence-corrected chi connectivity index (χ4v) is 1.91. The van der Waals surface area contributed by atoms with Crippen molar-refractivity contribution < 1.29 is 20.1 Å². The lowest BCUT2D eigenvalue weighted by Gasteiger charge is -2.17. The van der Waals surface area contributed by atoms with Gasteiger partial charge in [-0.1, -0.05) is 18.2 Å². The number of allylic oxidation sites excluding steroid dienone is 4. The molecule has 0 aromatic heterocycles. The van der Waals surface area contributed by atoms with E-state index in [1.807, 2.05) is 0 Å². The number of aliphatic carboxylic acids is 1. The van der Waals surface area contributed by atoms with Crippen molar-refractivity contribution in [3.8, 4) is 5.75 Å². The first kappa shape index (κ1) is 13.7. The minimum atomic E-state index is -0.966. The van der Waals surface area contributed by atoms with E-state index in [1.165, 1.54) is 6.08 Å². The lowest BCUT2D eigenvalue weighted by molar-refractivity contribution is -0.135. The highest BCUT2D eigenvalue weighted by atomic mass is 16.4. The third-order valence-electron chi connectivity index (χ3n) is 2.86. The molecule has 1 aliphatic rings. The molecule has 5 nitrogen and oxygen atoms in total. The Morgan fingerprint density at radius 2 is 2.00 bits per heavy atom. The molecule has 0 unspecified atom stereocenters. The summed E-state index contributed by atoms with van der Waals surface area (Å²) in [5.74, 6) is -0.647. The van der Waals surface area contributed by atoms with Crippen molar-refractivity contribution in [3.05, 3.63) is 59.0 Å². The van der Waals surface area contributed by atoms with Crippen LogP contribution in [0.5, 0.6) is 5.75 Å². The van der Waals surface area contributed by atoms with Crippen LogP contribution in [-0.4, -0.2) is 27.8 Å². The second kappa shape index (κ2) is 5.97. The normalized spacial score (nSPS) is 16.5. The Bertz CT molecular complexity index is 614. The summed E-state index contributed by atoms with van der Waals surface area (Å²) in [5, 5.41) is 30.8. The van der Waals surface area contributed by atoms with Crippen LogP contribution in [0.2, 0.25) is 0 Å². The van der Waals surface area contributed by atoms with Gasteiger partial charge in [0, 0.05) is 17.7 Å². The molecule has 1 aromatic carbocycles. The van der Waals surface area contributed by atoms with E-state index in [1.54, 1.807) is 36.4 Å². The summed E-state index contributed by atoms with van der Waals surface area (Å²) in [6.07, 6.45) is 5.14.